The van der Waals surface area contributed by atoms with Crippen LogP contribution in [0.2, 0.25) is 5.15 Å². The highest BCUT2D eigenvalue weighted by Gasteiger charge is 2.31. The third kappa shape index (κ3) is 4.95. The minimum Gasteiger partial charge on any atom is -0.337 e. The molecule has 3 aromatic rings. The van der Waals surface area contributed by atoms with Crippen LogP contribution in [0.5, 0.6) is 0 Å². The summed E-state index contributed by atoms with van der Waals surface area (Å²) in [6.07, 6.45) is 0.473. The average molecular weight is 491 g/mol. The molecule has 0 spiro atoms. The highest BCUT2D eigenvalue weighted by atomic mass is 35.5. The van der Waals surface area contributed by atoms with Gasteiger partial charge in [0.1, 0.15) is 11.0 Å². The molecule has 174 valence electrons. The van der Waals surface area contributed by atoms with Gasteiger partial charge in [-0.25, -0.2) is 17.5 Å². The van der Waals surface area contributed by atoms with E-state index in [1.165, 1.54) is 16.4 Å². The lowest BCUT2D eigenvalue weighted by molar-refractivity contribution is 0.0763. The first-order valence-corrected chi connectivity index (χ1v) is 12.4. The van der Waals surface area contributed by atoms with Crippen LogP contribution in [0.3, 0.4) is 0 Å². The summed E-state index contributed by atoms with van der Waals surface area (Å²) in [5.74, 6) is -0.764. The van der Waals surface area contributed by atoms with Gasteiger partial charge in [-0.15, -0.1) is 0 Å². The Morgan fingerprint density at radius 1 is 1.03 bits per heavy atom. The molecule has 1 saturated heterocycles. The Bertz CT molecular complexity index is 1250. The fourth-order valence-corrected chi connectivity index (χ4v) is 5.69. The molecule has 0 unspecified atom stereocenters. The molecule has 1 fully saturated rings. The molecule has 0 saturated carbocycles. The molecule has 1 aliphatic rings. The SMILES string of the molecule is Cc1nn(Cc2ccccc2)c(Cl)c1C(=O)N1CCCN(S(=O)(=O)c2ccc(F)cc2)CC1. The molecule has 7 nitrogen and oxygen atoms in total. The van der Waals surface area contributed by atoms with Crippen molar-refractivity contribution in [3.05, 3.63) is 82.4 Å². The Kier molecular flexibility index (Phi) is 6.83. The summed E-state index contributed by atoms with van der Waals surface area (Å²) < 4.78 is 42.0. The smallest absolute Gasteiger partial charge is 0.258 e. The van der Waals surface area contributed by atoms with Crippen molar-refractivity contribution < 1.29 is 17.6 Å². The number of benzene rings is 2. The van der Waals surface area contributed by atoms with Crippen LogP contribution < -0.4 is 0 Å². The van der Waals surface area contributed by atoms with E-state index in [9.17, 15) is 17.6 Å². The number of hydrogen-bond acceptors (Lipinski definition) is 4. The van der Waals surface area contributed by atoms with Crippen molar-refractivity contribution in [1.82, 2.24) is 19.0 Å². The van der Waals surface area contributed by atoms with Crippen LogP contribution >= 0.6 is 11.6 Å². The van der Waals surface area contributed by atoms with Crippen molar-refractivity contribution >= 4 is 27.5 Å². The topological polar surface area (TPSA) is 75.5 Å². The Morgan fingerprint density at radius 2 is 1.73 bits per heavy atom. The largest absolute Gasteiger partial charge is 0.337 e. The van der Waals surface area contributed by atoms with Crippen molar-refractivity contribution in [2.45, 2.75) is 24.8 Å². The van der Waals surface area contributed by atoms with Gasteiger partial charge in [-0.1, -0.05) is 41.9 Å². The molecular weight excluding hydrogens is 467 g/mol. The van der Waals surface area contributed by atoms with Gasteiger partial charge in [-0.2, -0.15) is 9.40 Å². The highest BCUT2D eigenvalue weighted by Crippen LogP contribution is 2.24. The van der Waals surface area contributed by atoms with E-state index in [0.717, 1.165) is 17.7 Å². The summed E-state index contributed by atoms with van der Waals surface area (Å²) in [6, 6.07) is 14.4. The van der Waals surface area contributed by atoms with Gasteiger partial charge in [0.05, 0.1) is 22.7 Å². The zero-order valence-electron chi connectivity index (χ0n) is 18.1. The molecule has 0 radical (unpaired) electrons. The number of nitrogens with zero attached hydrogens (tertiary/aromatic N) is 4. The molecule has 33 heavy (non-hydrogen) atoms. The lowest BCUT2D eigenvalue weighted by Crippen LogP contribution is -2.37. The average Bonchev–Trinajstić information content (AvgIpc) is 2.97. The Balaban J connectivity index is 1.49. The number of carbonyl (C=O) groups is 1. The van der Waals surface area contributed by atoms with E-state index in [1.54, 1.807) is 16.5 Å². The molecule has 2 heterocycles. The van der Waals surface area contributed by atoms with Crippen LogP contribution in [0.4, 0.5) is 4.39 Å². The van der Waals surface area contributed by atoms with Crippen molar-refractivity contribution in [2.24, 2.45) is 0 Å². The zero-order valence-corrected chi connectivity index (χ0v) is 19.7. The molecule has 0 N–H and O–H groups in total. The van der Waals surface area contributed by atoms with Crippen LogP contribution in [0.25, 0.3) is 0 Å². The maximum atomic E-state index is 13.3. The van der Waals surface area contributed by atoms with E-state index in [2.05, 4.69) is 5.10 Å². The van der Waals surface area contributed by atoms with E-state index < -0.39 is 15.8 Å². The first-order chi connectivity index (χ1) is 15.8. The van der Waals surface area contributed by atoms with Gasteiger partial charge >= 0.3 is 0 Å². The summed E-state index contributed by atoms with van der Waals surface area (Å²) >= 11 is 6.54. The highest BCUT2D eigenvalue weighted by molar-refractivity contribution is 7.89. The first-order valence-electron chi connectivity index (χ1n) is 10.6. The van der Waals surface area contributed by atoms with Gasteiger partial charge < -0.3 is 4.90 Å². The van der Waals surface area contributed by atoms with Crippen LogP contribution in [0.15, 0.2) is 59.5 Å². The lowest BCUT2D eigenvalue weighted by Gasteiger charge is -2.22. The van der Waals surface area contributed by atoms with Gasteiger partial charge in [0.2, 0.25) is 10.0 Å². The van der Waals surface area contributed by atoms with E-state index >= 15 is 0 Å². The number of aromatic nitrogens is 2. The second-order valence-electron chi connectivity index (χ2n) is 7.90. The predicted octanol–water partition coefficient (Wildman–Crippen LogP) is 3.57. The fraction of sp³-hybridized carbons (Fsp3) is 0.304. The van der Waals surface area contributed by atoms with Gasteiger partial charge in [-0.05, 0) is 43.2 Å². The summed E-state index contributed by atoms with van der Waals surface area (Å²) in [6.45, 7) is 3.21. The molecule has 0 aliphatic carbocycles. The van der Waals surface area contributed by atoms with Crippen LogP contribution in [-0.4, -0.2) is 59.5 Å². The minimum atomic E-state index is -3.78. The second-order valence-corrected chi connectivity index (χ2v) is 10.2. The molecule has 2 aromatic carbocycles. The summed E-state index contributed by atoms with van der Waals surface area (Å²) in [5, 5.41) is 4.71. The Hall–Kier alpha value is -2.75. The fourth-order valence-electron chi connectivity index (χ4n) is 3.91. The van der Waals surface area contributed by atoms with Crippen LogP contribution in [0.1, 0.15) is 28.0 Å². The second kappa shape index (κ2) is 9.62. The van der Waals surface area contributed by atoms with Crippen LogP contribution in [-0.2, 0) is 16.6 Å². The first kappa shape index (κ1) is 23.4. The molecule has 0 atom stereocenters. The lowest BCUT2D eigenvalue weighted by atomic mass is 10.2. The quantitative estimate of drug-likeness (QED) is 0.548. The van der Waals surface area contributed by atoms with Gasteiger partial charge in [-0.3, -0.25) is 4.79 Å². The summed E-state index contributed by atoms with van der Waals surface area (Å²) in [5.41, 5.74) is 1.88. The Labute approximate surface area is 197 Å². The van der Waals surface area contributed by atoms with Gasteiger partial charge in [0, 0.05) is 26.2 Å². The molecule has 10 heteroatoms. The van der Waals surface area contributed by atoms with E-state index in [1.807, 2.05) is 30.3 Å². The molecule has 1 amide bonds. The van der Waals surface area contributed by atoms with E-state index in [0.29, 0.717) is 30.8 Å². The van der Waals surface area contributed by atoms with Crippen molar-refractivity contribution in [3.63, 3.8) is 0 Å². The third-order valence-corrected chi connectivity index (χ3v) is 7.94. The van der Waals surface area contributed by atoms with E-state index in [-0.39, 0.29) is 35.6 Å². The van der Waals surface area contributed by atoms with Gasteiger partial charge in [0.15, 0.2) is 0 Å². The normalized spacial score (nSPS) is 15.4. The maximum Gasteiger partial charge on any atom is 0.258 e. The van der Waals surface area contributed by atoms with E-state index in [4.69, 9.17) is 11.6 Å². The molecular formula is C23H24ClFN4O3S. The summed E-state index contributed by atoms with van der Waals surface area (Å²) in [7, 11) is -3.78. The minimum absolute atomic E-state index is 0.0322. The molecule has 1 aliphatic heterocycles. The zero-order chi connectivity index (χ0) is 23.6. The third-order valence-electron chi connectivity index (χ3n) is 5.65. The number of hydrogen-bond donors (Lipinski definition) is 0. The van der Waals surface area contributed by atoms with Crippen molar-refractivity contribution in [1.29, 1.82) is 0 Å². The number of sulfonamides is 1. The van der Waals surface area contributed by atoms with Crippen molar-refractivity contribution in [2.75, 3.05) is 26.2 Å². The monoisotopic (exact) mass is 490 g/mol. The maximum absolute atomic E-state index is 13.3. The Morgan fingerprint density at radius 3 is 2.42 bits per heavy atom. The molecule has 1 aromatic heterocycles. The van der Waals surface area contributed by atoms with Crippen molar-refractivity contribution in [3.8, 4) is 0 Å². The number of aryl methyl sites for hydroxylation is 1. The molecule has 4 rings (SSSR count). The number of carbonyl (C=O) groups excluding carboxylic acids is 1. The number of rotatable bonds is 5. The number of amides is 1. The van der Waals surface area contributed by atoms with Crippen LogP contribution in [0, 0.1) is 12.7 Å². The predicted molar refractivity (Wildman–Crippen MR) is 123 cm³/mol. The van der Waals surface area contributed by atoms with Gasteiger partial charge in [0.25, 0.3) is 5.91 Å². The number of halogens is 2. The standard InChI is InChI=1S/C23H24ClFN4O3S/c1-17-21(22(24)29(26-17)16-18-6-3-2-4-7-18)23(30)27-12-5-13-28(15-14-27)33(31,32)20-10-8-19(25)9-11-20/h2-4,6-11H,5,12-16H2,1H3. The molecule has 0 bridgehead atoms. The summed E-state index contributed by atoms with van der Waals surface area (Å²) in [4.78, 5) is 14.9.